The first-order valence-corrected chi connectivity index (χ1v) is 6.97. The van der Waals surface area contributed by atoms with Crippen LogP contribution in [0.15, 0.2) is 30.3 Å². The fourth-order valence-corrected chi connectivity index (χ4v) is 2.71. The van der Waals surface area contributed by atoms with Crippen LogP contribution in [-0.2, 0) is 14.4 Å². The van der Waals surface area contributed by atoms with Gasteiger partial charge in [-0.1, -0.05) is 18.2 Å². The van der Waals surface area contributed by atoms with Crippen molar-refractivity contribution in [3.63, 3.8) is 0 Å². The number of amides is 2. The van der Waals surface area contributed by atoms with Crippen molar-refractivity contribution in [1.29, 1.82) is 0 Å². The maximum Gasteiger partial charge on any atom is 0.307 e. The lowest BCUT2D eigenvalue weighted by Crippen LogP contribution is -2.42. The number of nitrogens with one attached hydrogen (secondary N) is 1. The molecule has 1 saturated carbocycles. The third-order valence-corrected chi connectivity index (χ3v) is 4.03. The Kier molecular flexibility index (Phi) is 3.37. The molecule has 0 aromatic heterocycles. The van der Waals surface area contributed by atoms with Gasteiger partial charge >= 0.3 is 5.97 Å². The molecule has 0 unspecified atom stereocenters. The van der Waals surface area contributed by atoms with E-state index in [-0.39, 0.29) is 11.8 Å². The summed E-state index contributed by atoms with van der Waals surface area (Å²) in [5, 5.41) is 11.5. The summed E-state index contributed by atoms with van der Waals surface area (Å²) < 4.78 is 0. The molecule has 2 amide bonds. The average Bonchev–Trinajstić information content (AvgIpc) is 3.21. The third kappa shape index (κ3) is 2.61. The van der Waals surface area contributed by atoms with Gasteiger partial charge in [-0.25, -0.2) is 0 Å². The van der Waals surface area contributed by atoms with E-state index in [1.807, 2.05) is 30.3 Å². The molecule has 110 valence electrons. The molecule has 1 saturated heterocycles. The fraction of sp³-hybridized carbons (Fsp3) is 0.400. The molecule has 21 heavy (non-hydrogen) atoms. The second-order valence-corrected chi connectivity index (χ2v) is 5.46. The SMILES string of the molecule is O=C(N[C@H]1CCN(c2ccccc2)C1=O)[C@H]1C[C@H]1C(=O)O. The first-order chi connectivity index (χ1) is 10.1. The number of aliphatic carboxylic acids is 1. The number of hydrogen-bond acceptors (Lipinski definition) is 3. The maximum atomic E-state index is 12.3. The van der Waals surface area contributed by atoms with Gasteiger partial charge in [0.1, 0.15) is 6.04 Å². The van der Waals surface area contributed by atoms with Crippen molar-refractivity contribution in [2.24, 2.45) is 11.8 Å². The van der Waals surface area contributed by atoms with Gasteiger partial charge in [-0.15, -0.1) is 0 Å². The lowest BCUT2D eigenvalue weighted by atomic mass is 10.2. The highest BCUT2D eigenvalue weighted by molar-refractivity contribution is 6.02. The summed E-state index contributed by atoms with van der Waals surface area (Å²) in [7, 11) is 0. The monoisotopic (exact) mass is 288 g/mol. The lowest BCUT2D eigenvalue weighted by Gasteiger charge is -2.17. The van der Waals surface area contributed by atoms with Gasteiger partial charge in [-0.3, -0.25) is 14.4 Å². The second kappa shape index (κ2) is 5.20. The number of carbonyl (C=O) groups excluding carboxylic acids is 2. The number of nitrogens with zero attached hydrogens (tertiary/aromatic N) is 1. The highest BCUT2D eigenvalue weighted by Crippen LogP contribution is 2.39. The molecule has 0 bridgehead atoms. The number of hydrogen-bond donors (Lipinski definition) is 2. The average molecular weight is 288 g/mol. The maximum absolute atomic E-state index is 12.3. The number of para-hydroxylation sites is 1. The largest absolute Gasteiger partial charge is 0.481 e. The van der Waals surface area contributed by atoms with Crippen molar-refractivity contribution in [3.05, 3.63) is 30.3 Å². The summed E-state index contributed by atoms with van der Waals surface area (Å²) in [6.07, 6.45) is 0.911. The van der Waals surface area contributed by atoms with Crippen LogP contribution in [-0.4, -0.2) is 35.5 Å². The van der Waals surface area contributed by atoms with E-state index in [1.54, 1.807) is 4.90 Å². The minimum absolute atomic E-state index is 0.137. The predicted octanol–water partition coefficient (Wildman–Crippen LogP) is 0.629. The van der Waals surface area contributed by atoms with E-state index in [0.717, 1.165) is 5.69 Å². The van der Waals surface area contributed by atoms with E-state index in [1.165, 1.54) is 0 Å². The molecule has 2 fully saturated rings. The highest BCUT2D eigenvalue weighted by Gasteiger charge is 2.49. The Labute approximate surface area is 121 Å². The first kappa shape index (κ1) is 13.6. The molecule has 1 aliphatic carbocycles. The van der Waals surface area contributed by atoms with Crippen molar-refractivity contribution in [2.45, 2.75) is 18.9 Å². The Balaban J connectivity index is 1.60. The minimum atomic E-state index is -0.946. The highest BCUT2D eigenvalue weighted by atomic mass is 16.4. The molecule has 3 rings (SSSR count). The molecule has 1 heterocycles. The normalized spacial score (nSPS) is 27.5. The van der Waals surface area contributed by atoms with E-state index in [0.29, 0.717) is 19.4 Å². The topological polar surface area (TPSA) is 86.7 Å². The van der Waals surface area contributed by atoms with Crippen LogP contribution in [0.4, 0.5) is 5.69 Å². The van der Waals surface area contributed by atoms with Crippen LogP contribution < -0.4 is 10.2 Å². The van der Waals surface area contributed by atoms with Gasteiger partial charge in [0.25, 0.3) is 0 Å². The van der Waals surface area contributed by atoms with Gasteiger partial charge in [-0.2, -0.15) is 0 Å². The summed E-state index contributed by atoms with van der Waals surface area (Å²) in [5.74, 6) is -2.48. The van der Waals surface area contributed by atoms with Crippen LogP contribution in [0.1, 0.15) is 12.8 Å². The van der Waals surface area contributed by atoms with Crippen molar-refractivity contribution < 1.29 is 19.5 Å². The Morgan fingerprint density at radius 1 is 1.19 bits per heavy atom. The van der Waals surface area contributed by atoms with E-state index in [9.17, 15) is 14.4 Å². The van der Waals surface area contributed by atoms with Gasteiger partial charge in [-0.05, 0) is 25.0 Å². The van der Waals surface area contributed by atoms with Crippen LogP contribution >= 0.6 is 0 Å². The summed E-state index contributed by atoms with van der Waals surface area (Å²) in [4.78, 5) is 36.6. The van der Waals surface area contributed by atoms with Crippen LogP contribution in [0.3, 0.4) is 0 Å². The van der Waals surface area contributed by atoms with Crippen LogP contribution in [0.25, 0.3) is 0 Å². The predicted molar refractivity (Wildman–Crippen MR) is 74.6 cm³/mol. The van der Waals surface area contributed by atoms with Crippen LogP contribution in [0, 0.1) is 11.8 Å². The smallest absolute Gasteiger partial charge is 0.307 e. The summed E-state index contributed by atoms with van der Waals surface area (Å²) in [5.41, 5.74) is 0.814. The van der Waals surface area contributed by atoms with Crippen LogP contribution in [0.5, 0.6) is 0 Å². The van der Waals surface area contributed by atoms with Gasteiger partial charge in [0.15, 0.2) is 0 Å². The molecule has 0 radical (unpaired) electrons. The molecule has 1 aromatic carbocycles. The first-order valence-electron chi connectivity index (χ1n) is 6.97. The molecular weight excluding hydrogens is 272 g/mol. The second-order valence-electron chi connectivity index (χ2n) is 5.46. The number of carboxylic acids is 1. The Morgan fingerprint density at radius 3 is 2.52 bits per heavy atom. The van der Waals surface area contributed by atoms with Crippen molar-refractivity contribution in [3.8, 4) is 0 Å². The van der Waals surface area contributed by atoms with Gasteiger partial charge in [0.05, 0.1) is 11.8 Å². The molecule has 1 aromatic rings. The Hall–Kier alpha value is -2.37. The molecule has 2 N–H and O–H groups in total. The van der Waals surface area contributed by atoms with Crippen LogP contribution in [0.2, 0.25) is 0 Å². The van der Waals surface area contributed by atoms with E-state index >= 15 is 0 Å². The van der Waals surface area contributed by atoms with E-state index < -0.39 is 23.8 Å². The zero-order chi connectivity index (χ0) is 15.0. The Bertz CT molecular complexity index is 587. The van der Waals surface area contributed by atoms with E-state index in [2.05, 4.69) is 5.32 Å². The van der Waals surface area contributed by atoms with Crippen molar-refractivity contribution in [2.75, 3.05) is 11.4 Å². The number of rotatable bonds is 4. The zero-order valence-corrected chi connectivity index (χ0v) is 11.4. The molecule has 6 nitrogen and oxygen atoms in total. The molecular formula is C15H16N2O4. The molecule has 3 atom stereocenters. The molecule has 6 heteroatoms. The summed E-state index contributed by atoms with van der Waals surface area (Å²) in [6.45, 7) is 0.556. The summed E-state index contributed by atoms with van der Waals surface area (Å²) >= 11 is 0. The Morgan fingerprint density at radius 2 is 1.90 bits per heavy atom. The number of carboxylic acid groups (broad SMARTS) is 1. The van der Waals surface area contributed by atoms with Gasteiger partial charge < -0.3 is 15.3 Å². The lowest BCUT2D eigenvalue weighted by molar-refractivity contribution is -0.140. The molecule has 1 aliphatic heterocycles. The van der Waals surface area contributed by atoms with Crippen molar-refractivity contribution >= 4 is 23.5 Å². The third-order valence-electron chi connectivity index (χ3n) is 4.03. The summed E-state index contributed by atoms with van der Waals surface area (Å²) in [6, 6.07) is 8.74. The number of benzene rings is 1. The van der Waals surface area contributed by atoms with Crippen molar-refractivity contribution in [1.82, 2.24) is 5.32 Å². The van der Waals surface area contributed by atoms with Gasteiger partial charge in [0, 0.05) is 12.2 Å². The number of carbonyl (C=O) groups is 3. The molecule has 2 aliphatic rings. The molecule has 0 spiro atoms. The fourth-order valence-electron chi connectivity index (χ4n) is 2.71. The zero-order valence-electron chi connectivity index (χ0n) is 11.4. The number of anilines is 1. The van der Waals surface area contributed by atoms with Gasteiger partial charge in [0.2, 0.25) is 11.8 Å². The minimum Gasteiger partial charge on any atom is -0.481 e. The van der Waals surface area contributed by atoms with E-state index in [4.69, 9.17) is 5.11 Å². The standard InChI is InChI=1S/C15H16N2O4/c18-13(10-8-11(10)15(20)21)16-12-6-7-17(14(12)19)9-4-2-1-3-5-9/h1-5,10-12H,6-8H2,(H,16,18)(H,20,21)/t10-,11+,12-/m0/s1. The quantitative estimate of drug-likeness (QED) is 0.850.